The van der Waals surface area contributed by atoms with Gasteiger partial charge in [0.2, 0.25) is 0 Å². The molecule has 0 aliphatic carbocycles. The third kappa shape index (κ3) is 4.97. The molecule has 0 radical (unpaired) electrons. The molecule has 0 aliphatic rings. The molecule has 2 heterocycles. The van der Waals surface area contributed by atoms with E-state index in [9.17, 15) is 10.4 Å². The van der Waals surface area contributed by atoms with Gasteiger partial charge >= 0.3 is 0 Å². The van der Waals surface area contributed by atoms with E-state index in [4.69, 9.17) is 42.7 Å². The molecule has 42 heavy (non-hydrogen) atoms. The second kappa shape index (κ2) is 11.5. The number of benzene rings is 4. The lowest BCUT2D eigenvalue weighted by atomic mass is 10.1. The monoisotopic (exact) mass is 602 g/mol. The molecule has 6 rings (SSSR count). The highest BCUT2D eigenvalue weighted by molar-refractivity contribution is 6.31. The van der Waals surface area contributed by atoms with Gasteiger partial charge in [-0.25, -0.2) is 0 Å². The summed E-state index contributed by atoms with van der Waals surface area (Å²) in [6.45, 7) is 1.11. The Balaban J connectivity index is 1.35. The standard InChI is InChI=1S/C32H28Cl2N4O4/c1-41-21-8-12-29-25(17-21)31(23-9-5-20(34)16-30(23)38(29)40)35-13-3-4-14-36-32-24-15-19(33)6-10-27(24)37(39)28-11-7-22(42-2)18-26(28)32/h5-12,15-18,39-40H,3-4,13-14H2,1-2H3. The van der Waals surface area contributed by atoms with Crippen molar-refractivity contribution in [3.8, 4) is 11.5 Å². The first-order valence-corrected chi connectivity index (χ1v) is 14.2. The van der Waals surface area contributed by atoms with E-state index in [1.807, 2.05) is 30.3 Å². The molecular weight excluding hydrogens is 575 g/mol. The Kier molecular flexibility index (Phi) is 7.58. The van der Waals surface area contributed by atoms with Crippen LogP contribution in [0.15, 0.2) is 82.8 Å². The highest BCUT2D eigenvalue weighted by Crippen LogP contribution is 2.26. The van der Waals surface area contributed by atoms with Crippen molar-refractivity contribution < 1.29 is 19.9 Å². The van der Waals surface area contributed by atoms with E-state index < -0.39 is 0 Å². The van der Waals surface area contributed by atoms with Gasteiger partial charge in [0.1, 0.15) is 11.5 Å². The SMILES string of the molecule is COc1ccc2c(c1)c(=NCCCCN=c1c3cc(OC)ccc3n(O)c3cc(Cl)ccc13)c1cc(Cl)ccc1n2O. The molecule has 0 saturated heterocycles. The molecule has 10 heteroatoms. The molecule has 0 atom stereocenters. The third-order valence-corrected chi connectivity index (χ3v) is 7.84. The van der Waals surface area contributed by atoms with Crippen LogP contribution >= 0.6 is 23.2 Å². The predicted molar refractivity (Wildman–Crippen MR) is 166 cm³/mol. The maximum Gasteiger partial charge on any atom is 0.119 e. The number of ether oxygens (including phenoxy) is 2. The van der Waals surface area contributed by atoms with E-state index in [2.05, 4.69) is 0 Å². The summed E-state index contributed by atoms with van der Waals surface area (Å²) in [6.07, 6.45) is 1.56. The summed E-state index contributed by atoms with van der Waals surface area (Å²) in [5.74, 6) is 1.35. The zero-order valence-corrected chi connectivity index (χ0v) is 24.5. The van der Waals surface area contributed by atoms with Crippen molar-refractivity contribution in [2.24, 2.45) is 9.98 Å². The first-order chi connectivity index (χ1) is 20.4. The molecule has 0 aliphatic heterocycles. The smallest absolute Gasteiger partial charge is 0.119 e. The van der Waals surface area contributed by atoms with Crippen molar-refractivity contribution in [3.05, 3.63) is 93.6 Å². The van der Waals surface area contributed by atoms with Crippen LogP contribution in [0.1, 0.15) is 12.8 Å². The first-order valence-electron chi connectivity index (χ1n) is 13.4. The maximum atomic E-state index is 10.9. The van der Waals surface area contributed by atoms with Gasteiger partial charge in [-0.05, 0) is 85.6 Å². The molecule has 4 aromatic carbocycles. The molecule has 8 nitrogen and oxygen atoms in total. The number of methoxy groups -OCH3 is 2. The van der Waals surface area contributed by atoms with Crippen molar-refractivity contribution in [2.45, 2.75) is 12.8 Å². The summed E-state index contributed by atoms with van der Waals surface area (Å²) in [7, 11) is 3.22. The van der Waals surface area contributed by atoms with Crippen LogP contribution in [0.25, 0.3) is 43.6 Å². The van der Waals surface area contributed by atoms with Crippen LogP contribution in [0.2, 0.25) is 10.0 Å². The number of aromatic nitrogens is 2. The fraction of sp³-hybridized carbons (Fsp3) is 0.188. The first kappa shape index (κ1) is 27.8. The lowest BCUT2D eigenvalue weighted by molar-refractivity contribution is 0.211. The summed E-state index contributed by atoms with van der Waals surface area (Å²) < 4.78 is 13.2. The topological polar surface area (TPSA) is 93.5 Å². The van der Waals surface area contributed by atoms with Crippen molar-refractivity contribution in [1.82, 2.24) is 9.46 Å². The summed E-state index contributed by atoms with van der Waals surface area (Å²) in [5.41, 5.74) is 2.42. The summed E-state index contributed by atoms with van der Waals surface area (Å²) in [4.78, 5) is 9.92. The van der Waals surface area contributed by atoms with Gasteiger partial charge in [-0.1, -0.05) is 23.2 Å². The number of unbranched alkanes of at least 4 members (excludes halogenated alkanes) is 1. The molecule has 0 bridgehead atoms. The van der Waals surface area contributed by atoms with Crippen LogP contribution in [0.5, 0.6) is 11.5 Å². The van der Waals surface area contributed by atoms with Crippen LogP contribution in [-0.2, 0) is 0 Å². The summed E-state index contributed by atoms with van der Waals surface area (Å²) in [6, 6.07) is 21.7. The van der Waals surface area contributed by atoms with E-state index in [-0.39, 0.29) is 0 Å². The number of halogens is 2. The van der Waals surface area contributed by atoms with Crippen molar-refractivity contribution in [1.29, 1.82) is 0 Å². The minimum absolute atomic E-state index is 0.525. The van der Waals surface area contributed by atoms with Crippen LogP contribution in [0.3, 0.4) is 0 Å². The molecule has 0 amide bonds. The average molecular weight is 604 g/mol. The highest BCUT2D eigenvalue weighted by Gasteiger charge is 2.12. The van der Waals surface area contributed by atoms with Crippen molar-refractivity contribution >= 4 is 66.8 Å². The molecule has 0 spiro atoms. The lowest BCUT2D eigenvalue weighted by Crippen LogP contribution is -2.13. The number of fused-ring (bicyclic) bond motifs is 4. The second-order valence-electron chi connectivity index (χ2n) is 9.88. The number of pyridine rings is 2. The normalized spacial score (nSPS) is 12.7. The van der Waals surface area contributed by atoms with Gasteiger partial charge in [0.05, 0.1) is 47.0 Å². The largest absolute Gasteiger partial charge is 0.497 e. The van der Waals surface area contributed by atoms with Crippen molar-refractivity contribution in [3.63, 3.8) is 0 Å². The van der Waals surface area contributed by atoms with Crippen LogP contribution in [0, 0.1) is 0 Å². The molecule has 6 aromatic rings. The number of hydrogen-bond donors (Lipinski definition) is 2. The Morgan fingerprint density at radius 1 is 0.571 bits per heavy atom. The van der Waals surface area contributed by atoms with Gasteiger partial charge in [-0.15, -0.1) is 0 Å². The van der Waals surface area contributed by atoms with Crippen LogP contribution < -0.4 is 20.2 Å². The third-order valence-electron chi connectivity index (χ3n) is 7.37. The Morgan fingerprint density at radius 2 is 1.02 bits per heavy atom. The highest BCUT2D eigenvalue weighted by atomic mass is 35.5. The molecular formula is C32H28Cl2N4O4. The van der Waals surface area contributed by atoms with E-state index >= 15 is 0 Å². The summed E-state index contributed by atoms with van der Waals surface area (Å²) in [5, 5.41) is 27.5. The summed E-state index contributed by atoms with van der Waals surface area (Å²) >= 11 is 12.6. The quantitative estimate of drug-likeness (QED) is 0.117. The Hall–Kier alpha value is -4.40. The van der Waals surface area contributed by atoms with Gasteiger partial charge in [0.15, 0.2) is 0 Å². The Labute approximate surface area is 250 Å². The fourth-order valence-corrected chi connectivity index (χ4v) is 5.63. The zero-order chi connectivity index (χ0) is 29.4. The van der Waals surface area contributed by atoms with E-state index in [1.165, 1.54) is 0 Å². The van der Waals surface area contributed by atoms with Crippen molar-refractivity contribution in [2.75, 3.05) is 27.3 Å². The second-order valence-corrected chi connectivity index (χ2v) is 10.8. The lowest BCUT2D eigenvalue weighted by Gasteiger charge is -2.12. The zero-order valence-electron chi connectivity index (χ0n) is 23.0. The predicted octanol–water partition coefficient (Wildman–Crippen LogP) is 6.98. The van der Waals surface area contributed by atoms with Gasteiger partial charge < -0.3 is 19.9 Å². The van der Waals surface area contributed by atoms with Gasteiger partial charge in [-0.2, -0.15) is 9.46 Å². The maximum absolute atomic E-state index is 10.9. The van der Waals surface area contributed by atoms with Gasteiger partial charge in [-0.3, -0.25) is 9.98 Å². The minimum Gasteiger partial charge on any atom is -0.497 e. The molecule has 0 fully saturated rings. The number of nitrogens with zero attached hydrogens (tertiary/aromatic N) is 4. The van der Waals surface area contributed by atoms with E-state index in [0.29, 0.717) is 56.7 Å². The molecule has 0 saturated carbocycles. The Bertz CT molecular complexity index is 2140. The molecule has 214 valence electrons. The van der Waals surface area contributed by atoms with Crippen LogP contribution in [-0.4, -0.2) is 47.2 Å². The molecule has 2 aromatic heterocycles. The van der Waals surface area contributed by atoms with E-state index in [1.54, 1.807) is 56.7 Å². The molecule has 2 N–H and O–H groups in total. The minimum atomic E-state index is 0.525. The molecule has 0 unspecified atom stereocenters. The van der Waals surface area contributed by atoms with Gasteiger partial charge in [0.25, 0.3) is 0 Å². The van der Waals surface area contributed by atoms with Crippen LogP contribution in [0.4, 0.5) is 0 Å². The van der Waals surface area contributed by atoms with Gasteiger partial charge in [0, 0.05) is 44.7 Å². The fourth-order valence-electron chi connectivity index (χ4n) is 5.29. The Morgan fingerprint density at radius 3 is 1.60 bits per heavy atom. The average Bonchev–Trinajstić information content (AvgIpc) is 3.01. The van der Waals surface area contributed by atoms with E-state index in [0.717, 1.165) is 54.6 Å². The number of hydrogen-bond acceptors (Lipinski definition) is 6. The number of rotatable bonds is 7.